The molecule has 108 heavy (non-hydrogen) atoms. The summed E-state index contributed by atoms with van der Waals surface area (Å²) in [6.07, 6.45) is 6.94. The molecular formula is C77H70Cl6N12O10S3. The molecule has 1 fully saturated rings. The maximum absolute atomic E-state index is 13.1. The Hall–Kier alpha value is -9.38. The number of thiophene rings is 3. The second kappa shape index (κ2) is 36.7. The monoisotopic (exact) mass is 1630 g/mol. The highest BCUT2D eigenvalue weighted by molar-refractivity contribution is 7.16. The summed E-state index contributed by atoms with van der Waals surface area (Å²) in [5.74, 6) is -0.555. The SMILES string of the molecule is CC(=NCC(=O)c1ccc(C(=O)CCc2ccccn2)s1)c1c(C)[nH]n(-c2ccc(Cl)c(Cl)c2)c1=O.CC(=NCC(=O)c1ccc(C(=O)CCc2cccnc2)s1)c1c(C)[nH]n(-c2ccc(Cl)c(Cl)c2)c1=O.COC1CN(C(=O)c2ccc(C(=O)CN=C(C)c3c(C)[nH]n(-c4ccc(Cl)c(Cl)c4)c3=O)s2)CC1C. The molecule has 0 bridgehead atoms. The number of rotatable bonds is 25. The molecule has 1 aliphatic heterocycles. The molecule has 12 rings (SSSR count). The van der Waals surface area contributed by atoms with Gasteiger partial charge in [0.15, 0.2) is 28.9 Å². The van der Waals surface area contributed by atoms with Crippen LogP contribution in [-0.4, -0.2) is 142 Å². The van der Waals surface area contributed by atoms with E-state index in [-0.39, 0.29) is 83.2 Å². The van der Waals surface area contributed by atoms with Crippen molar-refractivity contribution < 1.29 is 33.5 Å². The van der Waals surface area contributed by atoms with Crippen molar-refractivity contribution >= 4 is 156 Å². The molecule has 0 radical (unpaired) electrons. The number of Topliss-reactive ketones (excluding diaryl/α,β-unsaturated/α-hetero) is 5. The van der Waals surface area contributed by atoms with E-state index in [4.69, 9.17) is 74.3 Å². The van der Waals surface area contributed by atoms with Crippen LogP contribution in [0.1, 0.15) is 144 Å². The standard InChI is InChI=1S/2C26H22Cl2N4O3S.C25H26Cl2N4O4S/c1-15(25-16(2)31-32(26(25)35)18-6-7-19(27)20(28)12-18)30-14-22(34)24-10-9-23(36-24)21(33)8-5-17-4-3-11-29-13-17;1-15(25-16(2)31-32(26(25)35)18-7-8-19(27)20(28)13-18)30-14-22(34)24-11-10-23(36-24)21(33)9-6-17-5-3-4-12-29-17;1-13-11-30(12-20(13)35-4)24(33)22-8-7-21(36-22)19(32)10-28-14(2)23-15(3)29-31(25(23)34)16-5-6-17(26)18(27)9-16/h3-4,6-7,9-13,31H,5,8,14H2,1-2H3;3-5,7-8,10-13,31H,6,9,14H2,1-2H3;5-9,13,20,29H,10-12H2,1-4H3. The Morgan fingerprint density at radius 2 is 0.870 bits per heavy atom. The van der Waals surface area contributed by atoms with Crippen LogP contribution >= 0.6 is 104 Å². The van der Waals surface area contributed by atoms with E-state index in [1.807, 2.05) is 30.3 Å². The van der Waals surface area contributed by atoms with Crippen molar-refractivity contribution in [2.24, 2.45) is 20.9 Å². The first-order valence-electron chi connectivity index (χ1n) is 33.5. The molecule has 9 heterocycles. The van der Waals surface area contributed by atoms with Gasteiger partial charge in [0.05, 0.1) is 99.3 Å². The van der Waals surface area contributed by atoms with Gasteiger partial charge in [-0.15, -0.1) is 34.0 Å². The number of likely N-dealkylation sites (tertiary alicyclic amines) is 1. The smallest absolute Gasteiger partial charge is 0.280 e. The maximum atomic E-state index is 13.1. The normalized spacial score (nSPS) is 13.8. The minimum atomic E-state index is -0.309. The van der Waals surface area contributed by atoms with Gasteiger partial charge in [0.2, 0.25) is 0 Å². The Morgan fingerprint density at radius 1 is 0.481 bits per heavy atom. The molecule has 8 aromatic heterocycles. The van der Waals surface area contributed by atoms with Gasteiger partial charge in [0.25, 0.3) is 22.6 Å². The zero-order valence-electron chi connectivity index (χ0n) is 59.4. The van der Waals surface area contributed by atoms with Crippen LogP contribution in [-0.2, 0) is 17.6 Å². The summed E-state index contributed by atoms with van der Waals surface area (Å²) in [5, 5.41) is 11.2. The molecule has 0 aliphatic carbocycles. The molecular weight excluding hydrogens is 1560 g/mol. The topological polar surface area (TPSA) is 291 Å². The zero-order chi connectivity index (χ0) is 77.8. The Kier molecular flexibility index (Phi) is 27.6. The Balaban J connectivity index is 0.000000173. The molecule has 11 aromatic rings. The summed E-state index contributed by atoms with van der Waals surface area (Å²) < 4.78 is 9.50. The number of nitrogens with one attached hydrogen (secondary N) is 3. The number of hydrogen-bond acceptors (Lipinski definition) is 18. The lowest BCUT2D eigenvalue weighted by atomic mass is 10.1. The number of carbonyl (C=O) groups excluding carboxylic acids is 6. The van der Waals surface area contributed by atoms with Gasteiger partial charge in [-0.1, -0.05) is 88.7 Å². The number of methoxy groups -OCH3 is 1. The summed E-state index contributed by atoms with van der Waals surface area (Å²) in [4.78, 5) is 141. The van der Waals surface area contributed by atoms with Crippen molar-refractivity contribution in [2.75, 3.05) is 39.8 Å². The zero-order valence-corrected chi connectivity index (χ0v) is 66.4. The fourth-order valence-corrected chi connectivity index (χ4v) is 15.2. The van der Waals surface area contributed by atoms with Crippen LogP contribution in [0.15, 0.2) is 169 Å². The summed E-state index contributed by atoms with van der Waals surface area (Å²) in [7, 11) is 1.65. The quantitative estimate of drug-likeness (QED) is 0.0355. The first-order valence-corrected chi connectivity index (χ1v) is 38.2. The van der Waals surface area contributed by atoms with Crippen LogP contribution in [0.2, 0.25) is 30.1 Å². The fraction of sp³-hybridized carbons (Fsp3) is 0.247. The molecule has 3 N–H and O–H groups in total. The fourth-order valence-electron chi connectivity index (χ4n) is 11.7. The largest absolute Gasteiger partial charge is 0.379 e. The number of halogens is 6. The van der Waals surface area contributed by atoms with Gasteiger partial charge in [-0.3, -0.25) is 83.4 Å². The lowest BCUT2D eigenvalue weighted by Gasteiger charge is -2.14. The molecule has 1 aliphatic rings. The van der Waals surface area contributed by atoms with Crippen LogP contribution in [0, 0.1) is 26.7 Å². The number of benzene rings is 3. The highest BCUT2D eigenvalue weighted by Gasteiger charge is 2.34. The van der Waals surface area contributed by atoms with E-state index in [1.54, 1.807) is 163 Å². The summed E-state index contributed by atoms with van der Waals surface area (Å²) in [6.45, 7) is 13.1. The lowest BCUT2D eigenvalue weighted by molar-refractivity contribution is 0.0696. The van der Waals surface area contributed by atoms with Crippen molar-refractivity contribution in [3.8, 4) is 17.1 Å². The number of aromatic amines is 3. The summed E-state index contributed by atoms with van der Waals surface area (Å²) in [6, 6.07) is 34.0. The van der Waals surface area contributed by atoms with E-state index in [1.165, 1.54) is 14.0 Å². The molecule has 22 nitrogen and oxygen atoms in total. The molecule has 2 unspecified atom stereocenters. The van der Waals surface area contributed by atoms with Crippen molar-refractivity contribution in [3.05, 3.63) is 275 Å². The van der Waals surface area contributed by atoms with E-state index in [0.29, 0.717) is 166 Å². The number of ether oxygens (including phenoxy) is 1. The van der Waals surface area contributed by atoms with Gasteiger partial charge in [0, 0.05) is 97.5 Å². The minimum absolute atomic E-state index is 0.0190. The van der Waals surface area contributed by atoms with E-state index in [0.717, 1.165) is 45.3 Å². The molecule has 1 saturated heterocycles. The van der Waals surface area contributed by atoms with Gasteiger partial charge >= 0.3 is 0 Å². The van der Waals surface area contributed by atoms with E-state index in [9.17, 15) is 43.2 Å². The van der Waals surface area contributed by atoms with Crippen molar-refractivity contribution in [1.29, 1.82) is 0 Å². The van der Waals surface area contributed by atoms with E-state index >= 15 is 0 Å². The van der Waals surface area contributed by atoms with Crippen LogP contribution in [0.4, 0.5) is 0 Å². The van der Waals surface area contributed by atoms with E-state index in [2.05, 4.69) is 47.2 Å². The average molecular weight is 1630 g/mol. The molecule has 0 spiro atoms. The van der Waals surface area contributed by atoms with Crippen molar-refractivity contribution in [1.82, 2.24) is 44.2 Å². The van der Waals surface area contributed by atoms with Gasteiger partial charge in [-0.05, 0) is 169 Å². The van der Waals surface area contributed by atoms with Gasteiger partial charge in [0.1, 0.15) is 19.6 Å². The molecule has 2 atom stereocenters. The molecule has 1 amide bonds. The summed E-state index contributed by atoms with van der Waals surface area (Å²) in [5.41, 5.74) is 6.79. The Bertz CT molecular complexity index is 5280. The number of H-pyrrole nitrogens is 3. The van der Waals surface area contributed by atoms with Crippen molar-refractivity contribution in [3.63, 3.8) is 0 Å². The number of aryl methyl sites for hydroxylation is 5. The predicted molar refractivity (Wildman–Crippen MR) is 430 cm³/mol. The lowest BCUT2D eigenvalue weighted by Crippen LogP contribution is -2.29. The number of nitrogens with zero attached hydrogens (tertiary/aromatic N) is 9. The third-order valence-corrected chi connectivity index (χ3v) is 23.1. The van der Waals surface area contributed by atoms with Crippen LogP contribution < -0.4 is 16.7 Å². The highest BCUT2D eigenvalue weighted by atomic mass is 35.5. The molecule has 31 heteroatoms. The summed E-state index contributed by atoms with van der Waals surface area (Å²) >= 11 is 39.7. The molecule has 558 valence electrons. The van der Waals surface area contributed by atoms with E-state index < -0.39 is 0 Å². The minimum Gasteiger partial charge on any atom is -0.379 e. The average Bonchev–Trinajstić information content (AvgIpc) is 1.66. The third kappa shape index (κ3) is 19.7. The molecule has 3 aromatic carbocycles. The van der Waals surface area contributed by atoms with Crippen LogP contribution in [0.25, 0.3) is 17.1 Å². The second-order valence-electron chi connectivity index (χ2n) is 25.0. The number of aromatic nitrogens is 8. The van der Waals surface area contributed by atoms with Gasteiger partial charge in [-0.25, -0.2) is 14.0 Å². The number of aliphatic imine (C=N–C) groups is 3. The number of pyridine rings is 2. The first kappa shape index (κ1) is 81.1. The van der Waals surface area contributed by atoms with Crippen LogP contribution in [0.5, 0.6) is 0 Å². The number of ketones is 5. The molecule has 0 saturated carbocycles. The van der Waals surface area contributed by atoms with Crippen molar-refractivity contribution in [2.45, 2.75) is 80.3 Å². The number of hydrogen-bond donors (Lipinski definition) is 3. The maximum Gasteiger partial charge on any atom is 0.280 e. The highest BCUT2D eigenvalue weighted by Crippen LogP contribution is 2.30. The van der Waals surface area contributed by atoms with Gasteiger partial charge < -0.3 is 9.64 Å². The third-order valence-electron chi connectivity index (χ3n) is 17.4. The Labute approximate surface area is 661 Å². The van der Waals surface area contributed by atoms with Gasteiger partial charge in [-0.2, -0.15) is 0 Å². The second-order valence-corrected chi connectivity index (χ2v) is 30.7. The van der Waals surface area contributed by atoms with Crippen LogP contribution in [0.3, 0.4) is 0 Å². The number of amides is 1. The first-order chi connectivity index (χ1) is 51.6. The number of carbonyl (C=O) groups is 6. The predicted octanol–water partition coefficient (Wildman–Crippen LogP) is 16.1. The Morgan fingerprint density at radius 3 is 1.23 bits per heavy atom.